The lowest BCUT2D eigenvalue weighted by molar-refractivity contribution is -0.131. The first-order valence-electron chi connectivity index (χ1n) is 12.3. The first-order valence-corrected chi connectivity index (χ1v) is 12.3. The Morgan fingerprint density at radius 3 is 2.30 bits per heavy atom. The van der Waals surface area contributed by atoms with Crippen molar-refractivity contribution in [3.05, 3.63) is 40.8 Å². The summed E-state index contributed by atoms with van der Waals surface area (Å²) >= 11 is 0. The van der Waals surface area contributed by atoms with E-state index in [1.165, 1.54) is 39.0 Å². The zero-order chi connectivity index (χ0) is 23.9. The number of rotatable bonds is 16. The number of hydrogen-bond acceptors (Lipinski definition) is 6. The predicted octanol–water partition coefficient (Wildman–Crippen LogP) is 6.97. The van der Waals surface area contributed by atoms with Crippen LogP contribution in [0.25, 0.3) is 11.0 Å². The lowest BCUT2D eigenvalue weighted by atomic mass is 10.1. The minimum Gasteiger partial charge on any atom is -0.488 e. The summed E-state index contributed by atoms with van der Waals surface area (Å²) < 4.78 is 22.6. The number of hydrogen-bond donors (Lipinski definition) is 0. The van der Waals surface area contributed by atoms with Crippen LogP contribution in [0.5, 0.6) is 17.2 Å². The van der Waals surface area contributed by atoms with E-state index in [1.807, 2.05) is 6.08 Å². The van der Waals surface area contributed by atoms with Crippen LogP contribution in [0, 0.1) is 0 Å². The van der Waals surface area contributed by atoms with Gasteiger partial charge in [-0.2, -0.15) is 0 Å². The molecule has 0 radical (unpaired) electrons. The first kappa shape index (κ1) is 26.5. The molecule has 0 atom stereocenters. The molecule has 0 N–H and O–H groups in total. The van der Waals surface area contributed by atoms with Crippen LogP contribution in [0.4, 0.5) is 0 Å². The number of ether oxygens (including phenoxy) is 3. The van der Waals surface area contributed by atoms with Gasteiger partial charge < -0.3 is 18.6 Å². The van der Waals surface area contributed by atoms with Gasteiger partial charge in [-0.15, -0.1) is 0 Å². The van der Waals surface area contributed by atoms with E-state index in [9.17, 15) is 9.59 Å². The van der Waals surface area contributed by atoms with Crippen LogP contribution in [-0.4, -0.2) is 19.2 Å². The Labute approximate surface area is 196 Å². The second kappa shape index (κ2) is 15.1. The molecule has 0 fully saturated rings. The predicted molar refractivity (Wildman–Crippen MR) is 131 cm³/mol. The molecule has 6 heteroatoms. The van der Waals surface area contributed by atoms with E-state index < -0.39 is 11.6 Å². The van der Waals surface area contributed by atoms with Crippen LogP contribution in [0.3, 0.4) is 0 Å². The van der Waals surface area contributed by atoms with E-state index in [2.05, 4.69) is 19.9 Å². The van der Waals surface area contributed by atoms with Gasteiger partial charge in [0, 0.05) is 6.92 Å². The maximum absolute atomic E-state index is 12.8. The number of esters is 1. The molecule has 0 spiro atoms. The zero-order valence-corrected chi connectivity index (χ0v) is 20.3. The van der Waals surface area contributed by atoms with Gasteiger partial charge in [0.1, 0.15) is 0 Å². The third-order valence-corrected chi connectivity index (χ3v) is 5.24. The summed E-state index contributed by atoms with van der Waals surface area (Å²) in [6, 6.07) is 5.08. The Hall–Kier alpha value is -2.76. The van der Waals surface area contributed by atoms with Crippen LogP contribution >= 0.6 is 0 Å². The summed E-state index contributed by atoms with van der Waals surface area (Å²) in [4.78, 5) is 24.2. The molecule has 0 unspecified atom stereocenters. The highest BCUT2D eigenvalue weighted by Gasteiger charge is 2.20. The Morgan fingerprint density at radius 1 is 0.909 bits per heavy atom. The largest absolute Gasteiger partial charge is 0.488 e. The Bertz CT molecular complexity index is 944. The molecule has 0 aliphatic rings. The number of unbranched alkanes of at least 4 members (excludes halogenated alkanes) is 7. The van der Waals surface area contributed by atoms with E-state index in [4.69, 9.17) is 18.6 Å². The molecule has 0 amide bonds. The van der Waals surface area contributed by atoms with Crippen molar-refractivity contribution < 1.29 is 23.4 Å². The summed E-state index contributed by atoms with van der Waals surface area (Å²) in [5.41, 5.74) is -0.461. The van der Waals surface area contributed by atoms with Crippen molar-refractivity contribution >= 4 is 16.9 Å². The summed E-state index contributed by atoms with van der Waals surface area (Å²) in [5.74, 6) is 0.0967. The Morgan fingerprint density at radius 2 is 1.61 bits per heavy atom. The quantitative estimate of drug-likeness (QED) is 0.0888. The second-order valence-electron chi connectivity index (χ2n) is 8.11. The average Bonchev–Trinajstić information content (AvgIpc) is 2.79. The standard InChI is InChI=1S/C27H38O6/c1-4-6-8-10-11-12-13-15-20-31-26-25(30-19-14-9-7-5-2)22-17-16-18-23(32-21(3)28)24(22)33-27(26)29/h7,9,16-18H,4-6,8,10-15,19-20H2,1-3H3/b9-7+. The molecule has 0 aliphatic heterocycles. The number of carbonyl (C=O) groups excluding carboxylic acids is 1. The maximum Gasteiger partial charge on any atom is 0.383 e. The maximum atomic E-state index is 12.8. The molecule has 1 aromatic carbocycles. The minimum absolute atomic E-state index is 0.0740. The molecule has 1 aromatic heterocycles. The average molecular weight is 459 g/mol. The van der Waals surface area contributed by atoms with Crippen LogP contribution in [0.2, 0.25) is 0 Å². The van der Waals surface area contributed by atoms with Crippen molar-refractivity contribution in [2.24, 2.45) is 0 Å². The Balaban J connectivity index is 2.13. The summed E-state index contributed by atoms with van der Waals surface area (Å²) in [6.07, 6.45) is 15.2. The topological polar surface area (TPSA) is 75.0 Å². The van der Waals surface area contributed by atoms with Gasteiger partial charge in [-0.25, -0.2) is 4.79 Å². The normalized spacial score (nSPS) is 11.2. The highest BCUT2D eigenvalue weighted by Crippen LogP contribution is 2.37. The van der Waals surface area contributed by atoms with Gasteiger partial charge >= 0.3 is 11.6 Å². The van der Waals surface area contributed by atoms with Crippen LogP contribution < -0.4 is 19.8 Å². The summed E-state index contributed by atoms with van der Waals surface area (Å²) in [6.45, 7) is 6.40. The van der Waals surface area contributed by atoms with Gasteiger partial charge in [0.05, 0.1) is 18.6 Å². The third kappa shape index (κ3) is 8.95. The molecule has 6 nitrogen and oxygen atoms in total. The van der Waals surface area contributed by atoms with Crippen LogP contribution in [0.15, 0.2) is 39.6 Å². The molecule has 2 aromatic rings. The lowest BCUT2D eigenvalue weighted by Crippen LogP contribution is -2.12. The van der Waals surface area contributed by atoms with Gasteiger partial charge in [-0.05, 0) is 31.4 Å². The van der Waals surface area contributed by atoms with E-state index >= 15 is 0 Å². The summed E-state index contributed by atoms with van der Waals surface area (Å²) in [5, 5.41) is 0.541. The van der Waals surface area contributed by atoms with Crippen molar-refractivity contribution in [3.8, 4) is 17.2 Å². The van der Waals surface area contributed by atoms with Gasteiger partial charge in [0.25, 0.3) is 0 Å². The highest BCUT2D eigenvalue weighted by molar-refractivity contribution is 5.91. The lowest BCUT2D eigenvalue weighted by Gasteiger charge is -2.14. The zero-order valence-electron chi connectivity index (χ0n) is 20.3. The van der Waals surface area contributed by atoms with Crippen molar-refractivity contribution in [3.63, 3.8) is 0 Å². The van der Waals surface area contributed by atoms with Gasteiger partial charge in [0.2, 0.25) is 5.75 Å². The molecule has 1 heterocycles. The fourth-order valence-electron chi connectivity index (χ4n) is 3.58. The smallest absolute Gasteiger partial charge is 0.383 e. The number of carbonyl (C=O) groups is 1. The van der Waals surface area contributed by atoms with E-state index in [1.54, 1.807) is 18.2 Å². The van der Waals surface area contributed by atoms with E-state index in [0.29, 0.717) is 30.8 Å². The Kier molecular flexibility index (Phi) is 12.2. The van der Waals surface area contributed by atoms with Gasteiger partial charge in [-0.1, -0.05) is 77.0 Å². The van der Waals surface area contributed by atoms with Crippen molar-refractivity contribution in [1.82, 2.24) is 0 Å². The number of para-hydroxylation sites is 1. The fraction of sp³-hybridized carbons (Fsp3) is 0.556. The van der Waals surface area contributed by atoms with E-state index in [0.717, 1.165) is 25.7 Å². The molecular formula is C27H38O6. The first-order chi connectivity index (χ1) is 16.1. The highest BCUT2D eigenvalue weighted by atomic mass is 16.5. The SMILES string of the molecule is CC/C=C/CCOc1c(OCCCCCCCCCC)c(=O)oc2c(OC(C)=O)cccc12. The van der Waals surface area contributed by atoms with Crippen LogP contribution in [0.1, 0.15) is 85.0 Å². The van der Waals surface area contributed by atoms with Gasteiger partial charge in [0.15, 0.2) is 17.1 Å². The molecule has 0 saturated heterocycles. The van der Waals surface area contributed by atoms with Gasteiger partial charge in [-0.3, -0.25) is 4.79 Å². The number of fused-ring (bicyclic) bond motifs is 1. The molecule has 182 valence electrons. The second-order valence-corrected chi connectivity index (χ2v) is 8.11. The number of allylic oxidation sites excluding steroid dienone is 1. The molecule has 0 saturated carbocycles. The van der Waals surface area contributed by atoms with Crippen molar-refractivity contribution in [2.75, 3.05) is 13.2 Å². The fourth-order valence-corrected chi connectivity index (χ4v) is 3.58. The molecular weight excluding hydrogens is 420 g/mol. The molecule has 33 heavy (non-hydrogen) atoms. The van der Waals surface area contributed by atoms with Crippen LogP contribution in [-0.2, 0) is 4.79 Å². The van der Waals surface area contributed by atoms with Crippen molar-refractivity contribution in [2.45, 2.75) is 85.0 Å². The van der Waals surface area contributed by atoms with Crippen molar-refractivity contribution in [1.29, 1.82) is 0 Å². The molecule has 0 aliphatic carbocycles. The summed E-state index contributed by atoms with van der Waals surface area (Å²) in [7, 11) is 0. The monoisotopic (exact) mass is 458 g/mol. The minimum atomic E-state index is -0.638. The van der Waals surface area contributed by atoms with E-state index in [-0.39, 0.29) is 17.1 Å². The number of benzene rings is 1. The molecule has 2 rings (SSSR count). The molecule has 0 bridgehead atoms. The third-order valence-electron chi connectivity index (χ3n) is 5.24.